The zero-order valence-electron chi connectivity index (χ0n) is 12.3. The second-order valence-corrected chi connectivity index (χ2v) is 6.31. The third-order valence-corrected chi connectivity index (χ3v) is 4.84. The number of imide groups is 1. The van der Waals surface area contributed by atoms with E-state index in [1.54, 1.807) is 24.3 Å². The third kappa shape index (κ3) is 3.17. The minimum Gasteiger partial charge on any atom is -0.273 e. The number of nitrogens with zero attached hydrogens (tertiary/aromatic N) is 1. The molecule has 1 atom stereocenters. The normalized spacial score (nSPS) is 18.8. The molecule has 124 valence electrons. The summed E-state index contributed by atoms with van der Waals surface area (Å²) in [6.45, 7) is 0. The fraction of sp³-hybridized carbons (Fsp3) is 0.176. The molecule has 1 aliphatic heterocycles. The lowest BCUT2D eigenvalue weighted by molar-refractivity contribution is -0.137. The Bertz CT molecular complexity index is 760. The third-order valence-electron chi connectivity index (χ3n) is 3.62. The van der Waals surface area contributed by atoms with E-state index in [2.05, 4.69) is 0 Å². The van der Waals surface area contributed by atoms with Gasteiger partial charge in [-0.2, -0.15) is 13.2 Å². The number of carbonyl (C=O) groups is 2. The number of hydrogen-bond donors (Lipinski definition) is 0. The van der Waals surface area contributed by atoms with E-state index in [1.807, 2.05) is 6.07 Å². The summed E-state index contributed by atoms with van der Waals surface area (Å²) in [4.78, 5) is 25.8. The van der Waals surface area contributed by atoms with Gasteiger partial charge in [-0.05, 0) is 29.8 Å². The van der Waals surface area contributed by atoms with Crippen LogP contribution in [-0.4, -0.2) is 17.6 Å². The average Bonchev–Trinajstić information content (AvgIpc) is 2.55. The molecule has 0 aromatic heterocycles. The maximum absolute atomic E-state index is 12.7. The Morgan fingerprint density at radius 2 is 1.58 bits per heavy atom. The van der Waals surface area contributed by atoms with Gasteiger partial charge in [0.1, 0.15) is 5.25 Å². The van der Waals surface area contributed by atoms with Crippen LogP contribution in [0.2, 0.25) is 0 Å². The van der Waals surface area contributed by atoms with Crippen molar-refractivity contribution in [3.05, 3.63) is 65.7 Å². The molecule has 1 heterocycles. The number of amides is 2. The van der Waals surface area contributed by atoms with Gasteiger partial charge in [0, 0.05) is 0 Å². The summed E-state index contributed by atoms with van der Waals surface area (Å²) in [5, 5.41) is -0.550. The van der Waals surface area contributed by atoms with Crippen molar-refractivity contribution in [2.24, 2.45) is 0 Å². The number of carbonyl (C=O) groups excluding carboxylic acids is 2. The molecule has 3 rings (SSSR count). The topological polar surface area (TPSA) is 37.4 Å². The first kappa shape index (κ1) is 16.6. The maximum atomic E-state index is 12.7. The molecule has 0 bridgehead atoms. The molecule has 7 heteroatoms. The summed E-state index contributed by atoms with van der Waals surface area (Å²) in [7, 11) is 0. The first-order valence-electron chi connectivity index (χ1n) is 7.08. The second-order valence-electron chi connectivity index (χ2n) is 5.21. The van der Waals surface area contributed by atoms with E-state index >= 15 is 0 Å². The SMILES string of the molecule is O=C1CSC(c2ccccc2)C(=O)N1c1ccc(C(F)(F)F)cc1. The number of anilines is 1. The molecule has 1 aliphatic rings. The molecule has 1 unspecified atom stereocenters. The van der Waals surface area contributed by atoms with Crippen LogP contribution in [0.25, 0.3) is 0 Å². The fourth-order valence-corrected chi connectivity index (χ4v) is 3.50. The Morgan fingerprint density at radius 3 is 2.17 bits per heavy atom. The second kappa shape index (κ2) is 6.32. The molecule has 0 aliphatic carbocycles. The monoisotopic (exact) mass is 351 g/mol. The maximum Gasteiger partial charge on any atom is 0.416 e. The van der Waals surface area contributed by atoms with Crippen LogP contribution in [0.15, 0.2) is 54.6 Å². The molecule has 0 radical (unpaired) electrons. The van der Waals surface area contributed by atoms with Crippen LogP contribution >= 0.6 is 11.8 Å². The van der Waals surface area contributed by atoms with E-state index in [0.29, 0.717) is 0 Å². The quantitative estimate of drug-likeness (QED) is 0.766. The summed E-state index contributed by atoms with van der Waals surface area (Å²) < 4.78 is 37.9. The lowest BCUT2D eigenvalue weighted by Gasteiger charge is -2.30. The highest BCUT2D eigenvalue weighted by Crippen LogP contribution is 2.37. The van der Waals surface area contributed by atoms with Crippen LogP contribution in [0.5, 0.6) is 0 Å². The van der Waals surface area contributed by atoms with Crippen molar-refractivity contribution in [1.82, 2.24) is 0 Å². The van der Waals surface area contributed by atoms with Crippen LogP contribution < -0.4 is 4.90 Å². The minimum atomic E-state index is -4.46. The van der Waals surface area contributed by atoms with Gasteiger partial charge in [-0.1, -0.05) is 30.3 Å². The molecule has 2 aromatic rings. The van der Waals surface area contributed by atoms with Gasteiger partial charge >= 0.3 is 6.18 Å². The predicted octanol–water partition coefficient (Wildman–Crippen LogP) is 4.05. The summed E-state index contributed by atoms with van der Waals surface area (Å²) in [5.74, 6) is -0.786. The number of benzene rings is 2. The molecule has 2 aromatic carbocycles. The van der Waals surface area contributed by atoms with E-state index in [9.17, 15) is 22.8 Å². The summed E-state index contributed by atoms with van der Waals surface area (Å²) in [5.41, 5.74) is 0.0910. The molecule has 0 saturated carbocycles. The Morgan fingerprint density at radius 1 is 0.958 bits per heavy atom. The van der Waals surface area contributed by atoms with Gasteiger partial charge in [0.25, 0.3) is 5.91 Å². The summed E-state index contributed by atoms with van der Waals surface area (Å²) in [6, 6.07) is 13.0. The first-order chi connectivity index (χ1) is 11.4. The number of thioether (sulfide) groups is 1. The van der Waals surface area contributed by atoms with E-state index in [0.717, 1.165) is 34.7 Å². The Hall–Kier alpha value is -2.28. The lowest BCUT2D eigenvalue weighted by atomic mass is 10.1. The van der Waals surface area contributed by atoms with Crippen LogP contribution in [0.1, 0.15) is 16.4 Å². The van der Waals surface area contributed by atoms with Gasteiger partial charge in [-0.3, -0.25) is 9.59 Å². The van der Waals surface area contributed by atoms with Gasteiger partial charge in [-0.15, -0.1) is 11.8 Å². The van der Waals surface area contributed by atoms with Gasteiger partial charge in [-0.25, -0.2) is 4.90 Å². The van der Waals surface area contributed by atoms with Crippen molar-refractivity contribution in [3.8, 4) is 0 Å². The lowest BCUT2D eigenvalue weighted by Crippen LogP contribution is -2.44. The molecule has 24 heavy (non-hydrogen) atoms. The van der Waals surface area contributed by atoms with Gasteiger partial charge in [0.15, 0.2) is 0 Å². The van der Waals surface area contributed by atoms with Crippen molar-refractivity contribution >= 4 is 29.3 Å². The van der Waals surface area contributed by atoms with Gasteiger partial charge < -0.3 is 0 Å². The van der Waals surface area contributed by atoms with E-state index < -0.39 is 28.8 Å². The molecule has 0 N–H and O–H groups in total. The van der Waals surface area contributed by atoms with Crippen LogP contribution in [0, 0.1) is 0 Å². The fourth-order valence-electron chi connectivity index (χ4n) is 2.47. The number of alkyl halides is 3. The molecule has 1 saturated heterocycles. The minimum absolute atomic E-state index is 0.0896. The van der Waals surface area contributed by atoms with Crippen LogP contribution in [0.4, 0.5) is 18.9 Å². The zero-order chi connectivity index (χ0) is 17.3. The number of rotatable bonds is 2. The van der Waals surface area contributed by atoms with E-state index in [-0.39, 0.29) is 11.4 Å². The highest BCUT2D eigenvalue weighted by atomic mass is 32.2. The average molecular weight is 351 g/mol. The van der Waals surface area contributed by atoms with Gasteiger partial charge in [0.05, 0.1) is 17.0 Å². The largest absolute Gasteiger partial charge is 0.416 e. The van der Waals surface area contributed by atoms with Crippen LogP contribution in [0.3, 0.4) is 0 Å². The highest BCUT2D eigenvalue weighted by molar-refractivity contribution is 8.01. The highest BCUT2D eigenvalue weighted by Gasteiger charge is 2.37. The molecular formula is C17H12F3NO2S. The van der Waals surface area contributed by atoms with Crippen molar-refractivity contribution in [2.45, 2.75) is 11.4 Å². The van der Waals surface area contributed by atoms with Gasteiger partial charge in [0.2, 0.25) is 5.91 Å². The predicted molar refractivity (Wildman–Crippen MR) is 85.6 cm³/mol. The molecule has 2 amide bonds. The Kier molecular flexibility index (Phi) is 4.36. The van der Waals surface area contributed by atoms with Crippen molar-refractivity contribution in [3.63, 3.8) is 0 Å². The van der Waals surface area contributed by atoms with Crippen molar-refractivity contribution in [2.75, 3.05) is 10.7 Å². The zero-order valence-corrected chi connectivity index (χ0v) is 13.1. The van der Waals surface area contributed by atoms with E-state index in [1.165, 1.54) is 11.8 Å². The number of hydrogen-bond acceptors (Lipinski definition) is 3. The molecule has 0 spiro atoms. The molecule has 3 nitrogen and oxygen atoms in total. The standard InChI is InChI=1S/C17H12F3NO2S/c18-17(19,20)12-6-8-13(9-7-12)21-14(22)10-24-15(16(21)23)11-4-2-1-3-5-11/h1-9,15H,10H2. The summed E-state index contributed by atoms with van der Waals surface area (Å²) in [6.07, 6.45) is -4.46. The number of halogens is 3. The Labute approximate surface area is 140 Å². The molecule has 1 fully saturated rings. The Balaban J connectivity index is 1.91. The summed E-state index contributed by atoms with van der Waals surface area (Å²) >= 11 is 1.22. The van der Waals surface area contributed by atoms with Crippen molar-refractivity contribution < 1.29 is 22.8 Å². The smallest absolute Gasteiger partial charge is 0.273 e. The van der Waals surface area contributed by atoms with E-state index in [4.69, 9.17) is 0 Å². The van der Waals surface area contributed by atoms with Crippen molar-refractivity contribution in [1.29, 1.82) is 0 Å². The first-order valence-corrected chi connectivity index (χ1v) is 8.13. The van der Waals surface area contributed by atoms with Crippen LogP contribution in [-0.2, 0) is 15.8 Å². The molecular weight excluding hydrogens is 339 g/mol.